The van der Waals surface area contributed by atoms with Crippen molar-refractivity contribution < 1.29 is 19.1 Å². The van der Waals surface area contributed by atoms with Crippen molar-refractivity contribution in [3.63, 3.8) is 0 Å². The van der Waals surface area contributed by atoms with E-state index >= 15 is 0 Å². The molecule has 2 N–H and O–H groups in total. The lowest BCUT2D eigenvalue weighted by molar-refractivity contribution is -0.131. The third kappa shape index (κ3) is 3.21. The van der Waals surface area contributed by atoms with E-state index in [1.54, 1.807) is 24.3 Å². The summed E-state index contributed by atoms with van der Waals surface area (Å²) < 4.78 is 10.7. The zero-order valence-corrected chi connectivity index (χ0v) is 15.0. The lowest BCUT2D eigenvalue weighted by atomic mass is 9.70. The molecule has 1 atom stereocenters. The van der Waals surface area contributed by atoms with Crippen LogP contribution < -0.4 is 10.5 Å². The van der Waals surface area contributed by atoms with Crippen LogP contribution in [-0.2, 0) is 14.3 Å². The topological polar surface area (TPSA) is 102 Å². The maximum Gasteiger partial charge on any atom is 0.308 e. The normalized spacial score (nSPS) is 21.6. The number of esters is 1. The number of nitriles is 1. The van der Waals surface area contributed by atoms with Gasteiger partial charge in [0.1, 0.15) is 23.2 Å². The molecule has 0 amide bonds. The molecular formula is C20H20N2O4. The molecule has 1 aromatic rings. The highest BCUT2D eigenvalue weighted by molar-refractivity contribution is 6.00. The molecule has 0 saturated carbocycles. The molecule has 0 radical (unpaired) electrons. The molecule has 1 heterocycles. The first-order valence-corrected chi connectivity index (χ1v) is 8.34. The molecule has 0 fully saturated rings. The summed E-state index contributed by atoms with van der Waals surface area (Å²) >= 11 is 0. The van der Waals surface area contributed by atoms with Gasteiger partial charge in [-0.25, -0.2) is 0 Å². The third-order valence-corrected chi connectivity index (χ3v) is 4.55. The highest BCUT2D eigenvalue weighted by Crippen LogP contribution is 2.47. The Hall–Kier alpha value is -3.07. The SMILES string of the molecule is CC(=O)Oc1ccc([C@H]2C(C#N)=C(N)OC3=C2C(=O)CC(C)(C)C3)cc1. The van der Waals surface area contributed by atoms with Crippen LogP contribution in [0.3, 0.4) is 0 Å². The fourth-order valence-corrected chi connectivity index (χ4v) is 3.51. The quantitative estimate of drug-likeness (QED) is 0.648. The van der Waals surface area contributed by atoms with Gasteiger partial charge in [0.05, 0.1) is 5.92 Å². The third-order valence-electron chi connectivity index (χ3n) is 4.55. The molecule has 1 aliphatic heterocycles. The number of nitrogens with two attached hydrogens (primary N) is 1. The zero-order chi connectivity index (χ0) is 19.1. The van der Waals surface area contributed by atoms with Crippen molar-refractivity contribution in [2.45, 2.75) is 39.5 Å². The van der Waals surface area contributed by atoms with Crippen LogP contribution in [0, 0.1) is 16.7 Å². The van der Waals surface area contributed by atoms with Gasteiger partial charge in [-0.15, -0.1) is 0 Å². The number of hydrogen-bond donors (Lipinski definition) is 1. The van der Waals surface area contributed by atoms with Gasteiger partial charge >= 0.3 is 5.97 Å². The predicted molar refractivity (Wildman–Crippen MR) is 93.5 cm³/mol. The zero-order valence-electron chi connectivity index (χ0n) is 15.0. The van der Waals surface area contributed by atoms with Crippen molar-refractivity contribution in [1.29, 1.82) is 5.26 Å². The summed E-state index contributed by atoms with van der Waals surface area (Å²) in [6.07, 6.45) is 0.964. The van der Waals surface area contributed by atoms with Crippen molar-refractivity contribution in [1.82, 2.24) is 0 Å². The number of carbonyl (C=O) groups excluding carboxylic acids is 2. The molecule has 134 valence electrons. The number of nitrogens with zero attached hydrogens (tertiary/aromatic N) is 1. The summed E-state index contributed by atoms with van der Waals surface area (Å²) in [5, 5.41) is 9.57. The van der Waals surface area contributed by atoms with Gasteiger partial charge in [-0.05, 0) is 23.1 Å². The van der Waals surface area contributed by atoms with E-state index in [2.05, 4.69) is 6.07 Å². The molecule has 6 nitrogen and oxygen atoms in total. The summed E-state index contributed by atoms with van der Waals surface area (Å²) in [6, 6.07) is 8.81. The average Bonchev–Trinajstić information content (AvgIpc) is 2.52. The monoisotopic (exact) mass is 352 g/mol. The van der Waals surface area contributed by atoms with Crippen molar-refractivity contribution in [2.75, 3.05) is 0 Å². The fourth-order valence-electron chi connectivity index (χ4n) is 3.51. The molecule has 3 rings (SSSR count). The lowest BCUT2D eigenvalue weighted by Gasteiger charge is -2.37. The van der Waals surface area contributed by atoms with E-state index in [1.165, 1.54) is 6.92 Å². The minimum atomic E-state index is -0.571. The number of Topliss-reactive ketones (excluding diaryl/α,β-unsaturated/α-hetero) is 1. The molecule has 0 saturated heterocycles. The Balaban J connectivity index is 2.08. The smallest absolute Gasteiger partial charge is 0.308 e. The molecule has 1 aromatic carbocycles. The molecule has 0 bridgehead atoms. The van der Waals surface area contributed by atoms with Crippen LogP contribution in [-0.4, -0.2) is 11.8 Å². The van der Waals surface area contributed by atoms with Crippen LogP contribution >= 0.6 is 0 Å². The van der Waals surface area contributed by atoms with Gasteiger partial charge in [0.15, 0.2) is 5.78 Å². The van der Waals surface area contributed by atoms with E-state index in [0.29, 0.717) is 29.9 Å². The molecule has 26 heavy (non-hydrogen) atoms. The van der Waals surface area contributed by atoms with Crippen LogP contribution in [0.5, 0.6) is 5.75 Å². The second-order valence-electron chi connectivity index (χ2n) is 7.37. The highest BCUT2D eigenvalue weighted by Gasteiger charge is 2.42. The largest absolute Gasteiger partial charge is 0.444 e. The van der Waals surface area contributed by atoms with E-state index < -0.39 is 11.9 Å². The first kappa shape index (κ1) is 17.7. The first-order valence-electron chi connectivity index (χ1n) is 8.34. The Morgan fingerprint density at radius 1 is 1.31 bits per heavy atom. The second-order valence-corrected chi connectivity index (χ2v) is 7.37. The Morgan fingerprint density at radius 3 is 2.54 bits per heavy atom. The van der Waals surface area contributed by atoms with Gasteiger partial charge < -0.3 is 15.2 Å². The standard InChI is InChI=1S/C20H20N2O4/c1-11(23)25-13-6-4-12(5-7-13)17-14(10-21)19(22)26-16-9-20(2,3)8-15(24)18(16)17/h4-7,17H,8-9,22H2,1-3H3/t17-/m0/s1. The number of ketones is 1. The summed E-state index contributed by atoms with van der Waals surface area (Å²) in [6.45, 7) is 5.32. The number of ether oxygens (including phenoxy) is 2. The maximum absolute atomic E-state index is 12.8. The van der Waals surface area contributed by atoms with Gasteiger partial charge in [0.2, 0.25) is 5.88 Å². The summed E-state index contributed by atoms with van der Waals surface area (Å²) in [5.74, 6) is -0.0543. The van der Waals surface area contributed by atoms with E-state index in [9.17, 15) is 14.9 Å². The van der Waals surface area contributed by atoms with Crippen LogP contribution in [0.4, 0.5) is 0 Å². The summed E-state index contributed by atoms with van der Waals surface area (Å²) in [5.41, 5.74) is 7.20. The predicted octanol–water partition coefficient (Wildman–Crippen LogP) is 3.06. The molecule has 0 aromatic heterocycles. The molecule has 0 unspecified atom stereocenters. The Labute approximate surface area is 151 Å². The van der Waals surface area contributed by atoms with Crippen molar-refractivity contribution in [3.8, 4) is 11.8 Å². The minimum absolute atomic E-state index is 0.0332. The van der Waals surface area contributed by atoms with E-state index in [4.69, 9.17) is 15.2 Å². The minimum Gasteiger partial charge on any atom is -0.444 e. The lowest BCUT2D eigenvalue weighted by Crippen LogP contribution is -2.33. The van der Waals surface area contributed by atoms with Crippen LogP contribution in [0.25, 0.3) is 0 Å². The van der Waals surface area contributed by atoms with Crippen LogP contribution in [0.15, 0.2) is 47.1 Å². The molecule has 0 spiro atoms. The van der Waals surface area contributed by atoms with Crippen molar-refractivity contribution >= 4 is 11.8 Å². The highest BCUT2D eigenvalue weighted by atomic mass is 16.5. The summed E-state index contributed by atoms with van der Waals surface area (Å²) in [4.78, 5) is 23.9. The van der Waals surface area contributed by atoms with Gasteiger partial charge in [0.25, 0.3) is 0 Å². The van der Waals surface area contributed by atoms with E-state index in [1.807, 2.05) is 13.8 Å². The number of benzene rings is 1. The van der Waals surface area contributed by atoms with E-state index in [0.717, 1.165) is 5.56 Å². The fraction of sp³-hybridized carbons (Fsp3) is 0.350. The van der Waals surface area contributed by atoms with Gasteiger partial charge in [-0.3, -0.25) is 9.59 Å². The van der Waals surface area contributed by atoms with Gasteiger partial charge in [-0.1, -0.05) is 26.0 Å². The van der Waals surface area contributed by atoms with Crippen LogP contribution in [0.2, 0.25) is 0 Å². The number of carbonyl (C=O) groups is 2. The Kier molecular flexibility index (Phi) is 4.33. The Morgan fingerprint density at radius 2 is 1.96 bits per heavy atom. The first-order chi connectivity index (χ1) is 12.2. The molecule has 6 heteroatoms. The number of rotatable bonds is 2. The van der Waals surface area contributed by atoms with E-state index in [-0.39, 0.29) is 22.7 Å². The number of allylic oxidation sites excluding steroid dienone is 3. The summed E-state index contributed by atoms with van der Waals surface area (Å²) in [7, 11) is 0. The van der Waals surface area contributed by atoms with Gasteiger partial charge in [-0.2, -0.15) is 5.26 Å². The Bertz CT molecular complexity index is 885. The van der Waals surface area contributed by atoms with Crippen molar-refractivity contribution in [3.05, 3.63) is 52.6 Å². The second kappa shape index (κ2) is 6.34. The molecule has 1 aliphatic carbocycles. The van der Waals surface area contributed by atoms with Gasteiger partial charge in [0, 0.05) is 25.3 Å². The molecular weight excluding hydrogens is 332 g/mol. The number of hydrogen-bond acceptors (Lipinski definition) is 6. The van der Waals surface area contributed by atoms with Crippen molar-refractivity contribution in [2.24, 2.45) is 11.1 Å². The molecule has 2 aliphatic rings. The maximum atomic E-state index is 12.8. The average molecular weight is 352 g/mol. The van der Waals surface area contributed by atoms with Crippen LogP contribution in [0.1, 0.15) is 45.1 Å².